The number of carbonyl (C=O) groups excluding carboxylic acids is 1. The molecule has 0 aliphatic carbocycles. The van der Waals surface area contributed by atoms with E-state index in [-0.39, 0.29) is 11.6 Å². The fourth-order valence-electron chi connectivity index (χ4n) is 1.53. The summed E-state index contributed by atoms with van der Waals surface area (Å²) in [6.45, 7) is 7.39. The van der Waals surface area contributed by atoms with Gasteiger partial charge in [-0.15, -0.1) is 0 Å². The lowest BCUT2D eigenvalue weighted by Gasteiger charge is -2.28. The van der Waals surface area contributed by atoms with E-state index in [1.807, 2.05) is 0 Å². The molecule has 0 saturated heterocycles. The zero-order valence-corrected chi connectivity index (χ0v) is 10.6. The highest BCUT2D eigenvalue weighted by molar-refractivity contribution is 5.96. The number of nitrogens with zero attached hydrogens (tertiary/aromatic N) is 1. The predicted octanol–water partition coefficient (Wildman–Crippen LogP) is 3.36. The number of anilines is 1. The second-order valence-electron chi connectivity index (χ2n) is 4.90. The summed E-state index contributed by atoms with van der Waals surface area (Å²) in [5, 5.41) is 0. The number of benzene rings is 1. The summed E-state index contributed by atoms with van der Waals surface area (Å²) in [5.41, 5.74) is -0.481. The zero-order chi connectivity index (χ0) is 13.2. The molecule has 0 aliphatic rings. The Hall–Kier alpha value is -1.45. The first-order valence-corrected chi connectivity index (χ1v) is 5.54. The molecule has 0 N–H and O–H groups in total. The molecule has 17 heavy (non-hydrogen) atoms. The van der Waals surface area contributed by atoms with Gasteiger partial charge in [0.05, 0.1) is 5.69 Å². The van der Waals surface area contributed by atoms with Crippen LogP contribution in [0.3, 0.4) is 0 Å². The van der Waals surface area contributed by atoms with E-state index in [4.69, 9.17) is 0 Å². The van der Waals surface area contributed by atoms with Crippen molar-refractivity contribution < 1.29 is 13.6 Å². The summed E-state index contributed by atoms with van der Waals surface area (Å²) >= 11 is 0. The highest BCUT2D eigenvalue weighted by atomic mass is 19.1. The Morgan fingerprint density at radius 2 is 1.88 bits per heavy atom. The van der Waals surface area contributed by atoms with Crippen molar-refractivity contribution in [1.29, 1.82) is 0 Å². The average Bonchev–Trinajstić information content (AvgIpc) is 2.20. The molecule has 1 rings (SSSR count). The molecule has 0 saturated carbocycles. The van der Waals surface area contributed by atoms with Gasteiger partial charge < -0.3 is 4.90 Å². The van der Waals surface area contributed by atoms with E-state index in [0.29, 0.717) is 6.54 Å². The lowest BCUT2D eigenvalue weighted by Crippen LogP contribution is -2.40. The van der Waals surface area contributed by atoms with Crippen LogP contribution in [0, 0.1) is 17.0 Å². The summed E-state index contributed by atoms with van der Waals surface area (Å²) in [6, 6.07) is 3.22. The maximum absolute atomic E-state index is 13.6. The largest absolute Gasteiger partial charge is 0.309 e. The SMILES string of the molecule is CCN(C(=O)C(C)(C)C)c1ccc(F)cc1F. The van der Waals surface area contributed by atoms with Crippen LogP contribution in [0.1, 0.15) is 27.7 Å². The summed E-state index contributed by atoms with van der Waals surface area (Å²) in [5.74, 6) is -1.56. The molecule has 0 radical (unpaired) electrons. The Bertz CT molecular complexity index is 424. The highest BCUT2D eigenvalue weighted by Gasteiger charge is 2.28. The minimum absolute atomic E-state index is 0.119. The number of hydrogen-bond donors (Lipinski definition) is 0. The van der Waals surface area contributed by atoms with Crippen LogP contribution in [-0.4, -0.2) is 12.5 Å². The standard InChI is InChI=1S/C13H17F2NO/c1-5-16(12(17)13(2,3)4)11-7-6-9(14)8-10(11)15/h6-8H,5H2,1-4H3. The molecule has 1 aromatic rings. The summed E-state index contributed by atoms with van der Waals surface area (Å²) in [7, 11) is 0. The molecule has 0 heterocycles. The molecular weight excluding hydrogens is 224 g/mol. The predicted molar refractivity (Wildman–Crippen MR) is 63.8 cm³/mol. The van der Waals surface area contributed by atoms with Crippen LogP contribution in [0.4, 0.5) is 14.5 Å². The van der Waals surface area contributed by atoms with E-state index < -0.39 is 17.0 Å². The van der Waals surface area contributed by atoms with E-state index in [1.165, 1.54) is 11.0 Å². The molecular formula is C13H17F2NO. The van der Waals surface area contributed by atoms with Gasteiger partial charge in [-0.25, -0.2) is 8.78 Å². The topological polar surface area (TPSA) is 20.3 Å². The molecule has 0 aliphatic heterocycles. The van der Waals surface area contributed by atoms with Crippen molar-refractivity contribution in [3.05, 3.63) is 29.8 Å². The molecule has 1 aromatic carbocycles. The van der Waals surface area contributed by atoms with Crippen LogP contribution in [-0.2, 0) is 4.79 Å². The zero-order valence-electron chi connectivity index (χ0n) is 10.6. The summed E-state index contributed by atoms with van der Waals surface area (Å²) in [4.78, 5) is 13.4. The third kappa shape index (κ3) is 3.02. The van der Waals surface area contributed by atoms with Crippen LogP contribution < -0.4 is 4.90 Å². The van der Waals surface area contributed by atoms with Crippen LogP contribution in [0.25, 0.3) is 0 Å². The minimum Gasteiger partial charge on any atom is -0.309 e. The van der Waals surface area contributed by atoms with Crippen LogP contribution >= 0.6 is 0 Å². The second kappa shape index (κ2) is 4.82. The third-order valence-corrected chi connectivity index (χ3v) is 2.40. The number of rotatable bonds is 2. The number of carbonyl (C=O) groups is 1. The number of hydrogen-bond acceptors (Lipinski definition) is 1. The van der Waals surface area contributed by atoms with E-state index in [1.54, 1.807) is 27.7 Å². The highest BCUT2D eigenvalue weighted by Crippen LogP contribution is 2.25. The van der Waals surface area contributed by atoms with Gasteiger partial charge in [-0.05, 0) is 19.1 Å². The van der Waals surface area contributed by atoms with Crippen molar-refractivity contribution in [1.82, 2.24) is 0 Å². The minimum atomic E-state index is -0.718. The van der Waals surface area contributed by atoms with Crippen molar-refractivity contribution >= 4 is 11.6 Å². The van der Waals surface area contributed by atoms with Gasteiger partial charge in [0.1, 0.15) is 11.6 Å². The first-order chi connectivity index (χ1) is 7.77. The number of amides is 1. The monoisotopic (exact) mass is 241 g/mol. The van der Waals surface area contributed by atoms with Crippen LogP contribution in [0.15, 0.2) is 18.2 Å². The van der Waals surface area contributed by atoms with Gasteiger partial charge in [-0.2, -0.15) is 0 Å². The molecule has 0 fully saturated rings. The molecule has 94 valence electrons. The first-order valence-electron chi connectivity index (χ1n) is 5.54. The Kier molecular flexibility index (Phi) is 3.86. The maximum atomic E-state index is 13.6. The van der Waals surface area contributed by atoms with Gasteiger partial charge in [0.15, 0.2) is 0 Å². The van der Waals surface area contributed by atoms with E-state index in [2.05, 4.69) is 0 Å². The summed E-state index contributed by atoms with van der Waals surface area (Å²) < 4.78 is 26.4. The smallest absolute Gasteiger partial charge is 0.232 e. The normalized spacial score (nSPS) is 11.4. The second-order valence-corrected chi connectivity index (χ2v) is 4.90. The van der Waals surface area contributed by atoms with Gasteiger partial charge >= 0.3 is 0 Å². The third-order valence-electron chi connectivity index (χ3n) is 2.40. The molecule has 0 bridgehead atoms. The Morgan fingerprint density at radius 1 is 1.29 bits per heavy atom. The van der Waals surface area contributed by atoms with Crippen molar-refractivity contribution in [3.8, 4) is 0 Å². The van der Waals surface area contributed by atoms with Crippen LogP contribution in [0.2, 0.25) is 0 Å². The fraction of sp³-hybridized carbons (Fsp3) is 0.462. The van der Waals surface area contributed by atoms with Crippen molar-refractivity contribution in [3.63, 3.8) is 0 Å². The lowest BCUT2D eigenvalue weighted by molar-refractivity contribution is -0.125. The maximum Gasteiger partial charge on any atom is 0.232 e. The van der Waals surface area contributed by atoms with E-state index in [0.717, 1.165) is 12.1 Å². The molecule has 0 atom stereocenters. The van der Waals surface area contributed by atoms with Gasteiger partial charge in [-0.1, -0.05) is 20.8 Å². The Balaban J connectivity index is 3.15. The first kappa shape index (κ1) is 13.6. The molecule has 2 nitrogen and oxygen atoms in total. The molecule has 4 heteroatoms. The quantitative estimate of drug-likeness (QED) is 0.777. The summed E-state index contributed by atoms with van der Waals surface area (Å²) in [6.07, 6.45) is 0. The van der Waals surface area contributed by atoms with E-state index in [9.17, 15) is 13.6 Å². The van der Waals surface area contributed by atoms with E-state index >= 15 is 0 Å². The molecule has 0 unspecified atom stereocenters. The fourth-order valence-corrected chi connectivity index (χ4v) is 1.53. The van der Waals surface area contributed by atoms with Gasteiger partial charge in [0.25, 0.3) is 0 Å². The molecule has 1 amide bonds. The van der Waals surface area contributed by atoms with Gasteiger partial charge in [0, 0.05) is 18.0 Å². The Labute approximate surface area is 100 Å². The van der Waals surface area contributed by atoms with Crippen molar-refractivity contribution in [2.24, 2.45) is 5.41 Å². The van der Waals surface area contributed by atoms with Crippen molar-refractivity contribution in [2.75, 3.05) is 11.4 Å². The van der Waals surface area contributed by atoms with Crippen LogP contribution in [0.5, 0.6) is 0 Å². The van der Waals surface area contributed by atoms with Gasteiger partial charge in [0.2, 0.25) is 5.91 Å². The Morgan fingerprint density at radius 3 is 2.29 bits per heavy atom. The van der Waals surface area contributed by atoms with Crippen molar-refractivity contribution in [2.45, 2.75) is 27.7 Å². The van der Waals surface area contributed by atoms with Gasteiger partial charge in [-0.3, -0.25) is 4.79 Å². The lowest BCUT2D eigenvalue weighted by atomic mass is 9.94. The molecule has 0 aromatic heterocycles. The molecule has 0 spiro atoms. The number of halogens is 2. The average molecular weight is 241 g/mol.